The molecule has 0 radical (unpaired) electrons. The smallest absolute Gasteiger partial charge is 0.319 e. The Labute approximate surface area is 151 Å². The molecule has 25 heavy (non-hydrogen) atoms. The van der Waals surface area contributed by atoms with Gasteiger partial charge in [-0.25, -0.2) is 4.79 Å². The number of aryl methyl sites for hydroxylation is 2. The number of nitrogens with one attached hydrogen (secondary N) is 4. The van der Waals surface area contributed by atoms with E-state index in [1.165, 1.54) is 5.56 Å². The van der Waals surface area contributed by atoms with Gasteiger partial charge in [0.25, 0.3) is 5.91 Å². The third-order valence-corrected chi connectivity index (χ3v) is 4.20. The molecule has 0 bridgehead atoms. The van der Waals surface area contributed by atoms with Crippen LogP contribution >= 0.6 is 11.6 Å². The van der Waals surface area contributed by atoms with E-state index in [1.54, 1.807) is 25.2 Å². The van der Waals surface area contributed by atoms with Crippen molar-refractivity contribution in [2.45, 2.75) is 26.7 Å². The second kappa shape index (κ2) is 8.53. The summed E-state index contributed by atoms with van der Waals surface area (Å²) in [7, 11) is 1.54. The number of carbonyl (C=O) groups excluding carboxylic acids is 2. The van der Waals surface area contributed by atoms with Gasteiger partial charge in [-0.05, 0) is 50.5 Å². The van der Waals surface area contributed by atoms with Gasteiger partial charge in [0.2, 0.25) is 0 Å². The summed E-state index contributed by atoms with van der Waals surface area (Å²) in [5.74, 6) is -0.244. The Morgan fingerprint density at radius 2 is 2.04 bits per heavy atom. The first kappa shape index (κ1) is 18.8. The molecule has 7 nitrogen and oxygen atoms in total. The zero-order chi connectivity index (χ0) is 18.4. The fraction of sp³-hybridized carbons (Fsp3) is 0.353. The molecule has 0 unspecified atom stereocenters. The molecule has 0 spiro atoms. The molecule has 8 heteroatoms. The van der Waals surface area contributed by atoms with Crippen molar-refractivity contribution < 1.29 is 9.59 Å². The lowest BCUT2D eigenvalue weighted by molar-refractivity contribution is 0.0963. The first-order valence-corrected chi connectivity index (χ1v) is 8.37. The first-order valence-electron chi connectivity index (χ1n) is 7.99. The van der Waals surface area contributed by atoms with Gasteiger partial charge >= 0.3 is 6.03 Å². The number of H-pyrrole nitrogens is 1. The van der Waals surface area contributed by atoms with Crippen LogP contribution in [0.1, 0.15) is 33.7 Å². The number of nitrogens with zero attached hydrogens (tertiary/aromatic N) is 1. The number of hydrogen-bond acceptors (Lipinski definition) is 3. The second-order valence-corrected chi connectivity index (χ2v) is 6.08. The highest BCUT2D eigenvalue weighted by Gasteiger charge is 2.10. The van der Waals surface area contributed by atoms with Crippen LogP contribution in [0, 0.1) is 13.8 Å². The van der Waals surface area contributed by atoms with Crippen LogP contribution in [0.3, 0.4) is 0 Å². The molecule has 134 valence electrons. The lowest BCUT2D eigenvalue weighted by Crippen LogP contribution is -2.30. The molecule has 0 atom stereocenters. The predicted molar refractivity (Wildman–Crippen MR) is 98.2 cm³/mol. The van der Waals surface area contributed by atoms with Crippen molar-refractivity contribution in [2.24, 2.45) is 0 Å². The molecule has 0 aliphatic rings. The van der Waals surface area contributed by atoms with Gasteiger partial charge in [-0.15, -0.1) is 0 Å². The average Bonchev–Trinajstić information content (AvgIpc) is 2.91. The average molecular weight is 364 g/mol. The highest BCUT2D eigenvalue weighted by molar-refractivity contribution is 6.33. The number of rotatable bonds is 6. The number of halogens is 1. The predicted octanol–water partition coefficient (Wildman–Crippen LogP) is 2.79. The monoisotopic (exact) mass is 363 g/mol. The van der Waals surface area contributed by atoms with Crippen molar-refractivity contribution in [1.29, 1.82) is 0 Å². The van der Waals surface area contributed by atoms with Gasteiger partial charge in [-0.1, -0.05) is 11.6 Å². The van der Waals surface area contributed by atoms with Crippen LogP contribution in [0.25, 0.3) is 0 Å². The van der Waals surface area contributed by atoms with Crippen molar-refractivity contribution >= 4 is 29.2 Å². The van der Waals surface area contributed by atoms with E-state index in [4.69, 9.17) is 11.6 Å². The molecule has 0 saturated heterocycles. The molecule has 2 aromatic rings. The third kappa shape index (κ3) is 4.96. The fourth-order valence-corrected chi connectivity index (χ4v) is 2.65. The summed E-state index contributed by atoms with van der Waals surface area (Å²) in [6.45, 7) is 4.46. The van der Waals surface area contributed by atoms with E-state index in [2.05, 4.69) is 26.1 Å². The number of aromatic nitrogens is 2. The normalized spacial score (nSPS) is 10.4. The summed E-state index contributed by atoms with van der Waals surface area (Å²) in [5, 5.41) is 15.4. The van der Waals surface area contributed by atoms with Crippen LogP contribution < -0.4 is 16.0 Å². The molecule has 0 saturated carbocycles. The topological polar surface area (TPSA) is 98.9 Å². The zero-order valence-electron chi connectivity index (χ0n) is 14.5. The maximum Gasteiger partial charge on any atom is 0.319 e. The summed E-state index contributed by atoms with van der Waals surface area (Å²) in [5.41, 5.74) is 4.04. The van der Waals surface area contributed by atoms with Crippen LogP contribution in [0.5, 0.6) is 0 Å². The maximum atomic E-state index is 12.0. The van der Waals surface area contributed by atoms with E-state index in [0.29, 0.717) is 22.8 Å². The Kier molecular flexibility index (Phi) is 6.41. The highest BCUT2D eigenvalue weighted by atomic mass is 35.5. The van der Waals surface area contributed by atoms with Crippen molar-refractivity contribution in [3.05, 3.63) is 45.7 Å². The van der Waals surface area contributed by atoms with E-state index in [-0.39, 0.29) is 11.9 Å². The summed E-state index contributed by atoms with van der Waals surface area (Å²) in [6, 6.07) is 4.35. The van der Waals surface area contributed by atoms with Crippen LogP contribution in [0.4, 0.5) is 10.5 Å². The van der Waals surface area contributed by atoms with Gasteiger partial charge in [0.05, 0.1) is 16.4 Å². The minimum Gasteiger partial charge on any atom is -0.355 e. The second-order valence-electron chi connectivity index (χ2n) is 5.67. The van der Waals surface area contributed by atoms with E-state index in [0.717, 1.165) is 24.2 Å². The molecule has 0 aliphatic carbocycles. The van der Waals surface area contributed by atoms with Crippen LogP contribution in [0.15, 0.2) is 18.2 Å². The van der Waals surface area contributed by atoms with E-state index < -0.39 is 0 Å². The summed E-state index contributed by atoms with van der Waals surface area (Å²) < 4.78 is 0. The van der Waals surface area contributed by atoms with Gasteiger partial charge in [-0.3, -0.25) is 9.89 Å². The number of urea groups is 1. The molecule has 0 fully saturated rings. The van der Waals surface area contributed by atoms with E-state index in [9.17, 15) is 9.59 Å². The van der Waals surface area contributed by atoms with E-state index in [1.807, 2.05) is 13.8 Å². The number of hydrogen-bond donors (Lipinski definition) is 4. The van der Waals surface area contributed by atoms with Gasteiger partial charge in [-0.2, -0.15) is 5.10 Å². The minimum atomic E-state index is -0.364. The molecular formula is C17H22ClN5O2. The molecule has 1 heterocycles. The Hall–Kier alpha value is -2.54. The Morgan fingerprint density at radius 1 is 1.28 bits per heavy atom. The molecule has 3 amide bonds. The summed E-state index contributed by atoms with van der Waals surface area (Å²) in [6.07, 6.45) is 1.63. The highest BCUT2D eigenvalue weighted by Crippen LogP contribution is 2.23. The SMILES string of the molecule is CNC(=O)c1ccc(Cl)c(NC(=O)NCCCc2c(C)n[nH]c2C)c1. The van der Waals surface area contributed by atoms with E-state index >= 15 is 0 Å². The van der Waals surface area contributed by atoms with Crippen molar-refractivity contribution in [3.63, 3.8) is 0 Å². The van der Waals surface area contributed by atoms with Crippen LogP contribution in [-0.2, 0) is 6.42 Å². The zero-order valence-corrected chi connectivity index (χ0v) is 15.3. The van der Waals surface area contributed by atoms with Gasteiger partial charge in [0.1, 0.15) is 0 Å². The van der Waals surface area contributed by atoms with Crippen molar-refractivity contribution in [3.8, 4) is 0 Å². The number of aromatic amines is 1. The minimum absolute atomic E-state index is 0.244. The number of anilines is 1. The Balaban J connectivity index is 1.85. The van der Waals surface area contributed by atoms with Crippen LogP contribution in [-0.4, -0.2) is 35.7 Å². The molecule has 1 aromatic heterocycles. The third-order valence-electron chi connectivity index (χ3n) is 3.87. The lowest BCUT2D eigenvalue weighted by atomic mass is 10.1. The summed E-state index contributed by atoms with van der Waals surface area (Å²) >= 11 is 6.07. The maximum absolute atomic E-state index is 12.0. The fourth-order valence-electron chi connectivity index (χ4n) is 2.48. The molecule has 0 aliphatic heterocycles. The van der Waals surface area contributed by atoms with Gasteiger partial charge in [0, 0.05) is 24.8 Å². The summed E-state index contributed by atoms with van der Waals surface area (Å²) in [4.78, 5) is 23.7. The molecule has 2 rings (SSSR count). The largest absolute Gasteiger partial charge is 0.355 e. The Morgan fingerprint density at radius 3 is 2.68 bits per heavy atom. The van der Waals surface area contributed by atoms with Crippen molar-refractivity contribution in [2.75, 3.05) is 18.9 Å². The number of benzene rings is 1. The number of carbonyl (C=O) groups is 2. The quantitative estimate of drug-likeness (QED) is 0.594. The standard InChI is InChI=1S/C17H22ClN5O2/c1-10-13(11(2)23-22-10)5-4-8-20-17(25)21-15-9-12(16(24)19-3)6-7-14(15)18/h6-7,9H,4-5,8H2,1-3H3,(H,19,24)(H,22,23)(H2,20,21,25). The van der Waals surface area contributed by atoms with Crippen LogP contribution in [0.2, 0.25) is 5.02 Å². The lowest BCUT2D eigenvalue weighted by Gasteiger charge is -2.10. The molecular weight excluding hydrogens is 342 g/mol. The molecule has 4 N–H and O–H groups in total. The van der Waals surface area contributed by atoms with Gasteiger partial charge in [0.15, 0.2) is 0 Å². The molecule has 1 aromatic carbocycles. The van der Waals surface area contributed by atoms with Gasteiger partial charge < -0.3 is 16.0 Å². The number of amides is 3. The Bertz CT molecular complexity index is 753. The first-order chi connectivity index (χ1) is 11.9. The van der Waals surface area contributed by atoms with Crippen molar-refractivity contribution in [1.82, 2.24) is 20.8 Å².